The third-order valence-corrected chi connectivity index (χ3v) is 2.73. The molecule has 112 valence electrons. The van der Waals surface area contributed by atoms with Crippen LogP contribution in [0.15, 0.2) is 52.7 Å². The number of rotatable bonds is 4. The lowest BCUT2D eigenvalue weighted by Gasteiger charge is -2.00. The molecule has 1 amide bonds. The molecule has 2 rings (SSSR count). The van der Waals surface area contributed by atoms with Crippen molar-refractivity contribution in [3.8, 4) is 5.75 Å². The van der Waals surface area contributed by atoms with Crippen LogP contribution in [0.5, 0.6) is 5.75 Å². The van der Waals surface area contributed by atoms with E-state index in [1.54, 1.807) is 0 Å². The second kappa shape index (κ2) is 6.46. The highest BCUT2D eigenvalue weighted by Gasteiger charge is 2.07. The van der Waals surface area contributed by atoms with Crippen LogP contribution in [-0.4, -0.2) is 27.3 Å². The number of aromatic hydroxyl groups is 1. The summed E-state index contributed by atoms with van der Waals surface area (Å²) in [6.07, 6.45) is 0. The monoisotopic (exact) mass is 301 g/mol. The summed E-state index contributed by atoms with van der Waals surface area (Å²) in [6, 6.07) is 9.57. The molecule has 0 aromatic heterocycles. The molecule has 0 atom stereocenters. The van der Waals surface area contributed by atoms with E-state index in [2.05, 4.69) is 10.2 Å². The van der Waals surface area contributed by atoms with Crippen LogP contribution in [0, 0.1) is 0 Å². The summed E-state index contributed by atoms with van der Waals surface area (Å²) in [5.41, 5.74) is 2.22. The summed E-state index contributed by atoms with van der Waals surface area (Å²) in [4.78, 5) is 21.9. The molecule has 0 aliphatic rings. The summed E-state index contributed by atoms with van der Waals surface area (Å²) < 4.78 is 0. The van der Waals surface area contributed by atoms with Gasteiger partial charge in [0.1, 0.15) is 11.4 Å². The average molecular weight is 301 g/mol. The van der Waals surface area contributed by atoms with Crippen LogP contribution in [0.25, 0.3) is 0 Å². The molecule has 0 heterocycles. The fraction of sp³-hybridized carbons (Fsp3) is 0. The Morgan fingerprint density at radius 3 is 2.14 bits per heavy atom. The molecule has 2 aromatic rings. The third-order valence-electron chi connectivity index (χ3n) is 2.73. The summed E-state index contributed by atoms with van der Waals surface area (Å²) in [5.74, 6) is -2.11. The van der Waals surface area contributed by atoms with Gasteiger partial charge in [0, 0.05) is 5.56 Å². The fourth-order valence-corrected chi connectivity index (χ4v) is 1.60. The Bertz CT molecular complexity index is 741. The van der Waals surface area contributed by atoms with Crippen molar-refractivity contribution in [2.24, 2.45) is 10.2 Å². The number of aromatic carboxylic acids is 1. The molecule has 0 unspecified atom stereocenters. The maximum atomic E-state index is 11.1. The molecule has 0 saturated carbocycles. The van der Waals surface area contributed by atoms with Gasteiger partial charge in [-0.2, -0.15) is 5.11 Å². The molecular formula is C14H11N3O5. The van der Waals surface area contributed by atoms with E-state index in [9.17, 15) is 14.7 Å². The molecule has 4 N–H and O–H groups in total. The van der Waals surface area contributed by atoms with Crippen molar-refractivity contribution < 1.29 is 25.0 Å². The highest BCUT2D eigenvalue weighted by molar-refractivity contribution is 5.93. The number of hydroxylamine groups is 1. The maximum absolute atomic E-state index is 11.1. The van der Waals surface area contributed by atoms with Crippen LogP contribution in [0.3, 0.4) is 0 Å². The van der Waals surface area contributed by atoms with Crippen molar-refractivity contribution in [1.29, 1.82) is 0 Å². The third kappa shape index (κ3) is 3.44. The van der Waals surface area contributed by atoms with Crippen molar-refractivity contribution in [3.05, 3.63) is 53.6 Å². The lowest BCUT2D eigenvalue weighted by molar-refractivity contribution is 0.0693. The number of benzene rings is 2. The van der Waals surface area contributed by atoms with E-state index in [4.69, 9.17) is 10.3 Å². The summed E-state index contributed by atoms with van der Waals surface area (Å²) in [6.45, 7) is 0. The van der Waals surface area contributed by atoms with E-state index in [0.717, 1.165) is 6.07 Å². The minimum Gasteiger partial charge on any atom is -0.506 e. The van der Waals surface area contributed by atoms with E-state index in [1.165, 1.54) is 41.9 Å². The number of amides is 1. The molecule has 0 aliphatic heterocycles. The van der Waals surface area contributed by atoms with Gasteiger partial charge in [-0.3, -0.25) is 10.0 Å². The van der Waals surface area contributed by atoms with Crippen molar-refractivity contribution in [3.63, 3.8) is 0 Å². The number of hydrogen-bond acceptors (Lipinski definition) is 6. The molecule has 0 saturated heterocycles. The first-order chi connectivity index (χ1) is 10.5. The standard InChI is InChI=1S/C14H11N3O5/c18-12-7-9(14(20)21)3-6-11(12)16-15-10-4-1-8(2-5-10)13(19)17-22/h1-7,18,22H,(H,17,19)(H,20,21)/b16-15+. The summed E-state index contributed by atoms with van der Waals surface area (Å²) in [5, 5.41) is 34.6. The highest BCUT2D eigenvalue weighted by Crippen LogP contribution is 2.29. The van der Waals surface area contributed by atoms with Gasteiger partial charge in [-0.1, -0.05) is 0 Å². The van der Waals surface area contributed by atoms with E-state index in [0.29, 0.717) is 5.69 Å². The SMILES string of the molecule is O=C(O)c1ccc(/N=N/c2ccc(C(=O)NO)cc2)c(O)c1. The maximum Gasteiger partial charge on any atom is 0.335 e. The second-order valence-corrected chi connectivity index (χ2v) is 4.20. The Kier molecular flexibility index (Phi) is 4.44. The Morgan fingerprint density at radius 2 is 1.59 bits per heavy atom. The van der Waals surface area contributed by atoms with Gasteiger partial charge in [-0.25, -0.2) is 10.3 Å². The van der Waals surface area contributed by atoms with Crippen LogP contribution < -0.4 is 5.48 Å². The number of azo groups is 1. The molecule has 0 spiro atoms. The first-order valence-electron chi connectivity index (χ1n) is 6.04. The van der Waals surface area contributed by atoms with Gasteiger partial charge < -0.3 is 10.2 Å². The topological polar surface area (TPSA) is 132 Å². The second-order valence-electron chi connectivity index (χ2n) is 4.20. The van der Waals surface area contributed by atoms with Gasteiger partial charge in [0.2, 0.25) is 0 Å². The number of phenolic OH excluding ortho intramolecular Hbond substituents is 1. The van der Waals surface area contributed by atoms with Gasteiger partial charge in [0.05, 0.1) is 11.3 Å². The minimum atomic E-state index is -1.16. The fourth-order valence-electron chi connectivity index (χ4n) is 1.60. The lowest BCUT2D eigenvalue weighted by atomic mass is 10.2. The van der Waals surface area contributed by atoms with Gasteiger partial charge in [0.15, 0.2) is 0 Å². The van der Waals surface area contributed by atoms with Crippen LogP contribution in [0.2, 0.25) is 0 Å². The number of phenols is 1. The van der Waals surface area contributed by atoms with Crippen LogP contribution >= 0.6 is 0 Å². The number of nitrogens with zero attached hydrogens (tertiary/aromatic N) is 2. The Balaban J connectivity index is 2.18. The number of nitrogens with one attached hydrogen (secondary N) is 1. The predicted molar refractivity (Wildman–Crippen MR) is 74.9 cm³/mol. The van der Waals surface area contributed by atoms with Gasteiger partial charge in [0.25, 0.3) is 5.91 Å². The quantitative estimate of drug-likeness (QED) is 0.391. The van der Waals surface area contributed by atoms with Gasteiger partial charge in [-0.15, -0.1) is 5.11 Å². The Labute approximate surface area is 124 Å². The molecule has 0 aliphatic carbocycles. The molecule has 2 aromatic carbocycles. The van der Waals surface area contributed by atoms with Gasteiger partial charge in [-0.05, 0) is 42.5 Å². The number of carbonyl (C=O) groups is 2. The normalized spacial score (nSPS) is 10.6. The molecule has 0 fully saturated rings. The zero-order valence-electron chi connectivity index (χ0n) is 11.1. The smallest absolute Gasteiger partial charge is 0.335 e. The summed E-state index contributed by atoms with van der Waals surface area (Å²) in [7, 11) is 0. The molecule has 8 nitrogen and oxygen atoms in total. The Morgan fingerprint density at radius 1 is 0.955 bits per heavy atom. The average Bonchev–Trinajstić information content (AvgIpc) is 2.53. The Hall–Kier alpha value is -3.26. The van der Waals surface area contributed by atoms with E-state index in [1.807, 2.05) is 0 Å². The van der Waals surface area contributed by atoms with Crippen LogP contribution in [-0.2, 0) is 0 Å². The molecule has 22 heavy (non-hydrogen) atoms. The number of hydrogen-bond donors (Lipinski definition) is 4. The van der Waals surface area contributed by atoms with E-state index in [-0.39, 0.29) is 22.6 Å². The summed E-state index contributed by atoms with van der Waals surface area (Å²) >= 11 is 0. The molecule has 0 radical (unpaired) electrons. The highest BCUT2D eigenvalue weighted by atomic mass is 16.5. The van der Waals surface area contributed by atoms with Crippen molar-refractivity contribution in [2.45, 2.75) is 0 Å². The van der Waals surface area contributed by atoms with Crippen LogP contribution in [0.1, 0.15) is 20.7 Å². The van der Waals surface area contributed by atoms with E-state index >= 15 is 0 Å². The molecule has 8 heteroatoms. The number of carboxylic acid groups (broad SMARTS) is 1. The zero-order chi connectivity index (χ0) is 16.1. The van der Waals surface area contributed by atoms with Crippen molar-refractivity contribution in [1.82, 2.24) is 5.48 Å². The van der Waals surface area contributed by atoms with Crippen molar-refractivity contribution in [2.75, 3.05) is 0 Å². The molecule has 0 bridgehead atoms. The predicted octanol–water partition coefficient (Wildman–Crippen LogP) is 2.62. The van der Waals surface area contributed by atoms with Crippen LogP contribution in [0.4, 0.5) is 11.4 Å². The first-order valence-corrected chi connectivity index (χ1v) is 6.04. The number of carbonyl (C=O) groups excluding carboxylic acids is 1. The van der Waals surface area contributed by atoms with Crippen molar-refractivity contribution >= 4 is 23.3 Å². The lowest BCUT2D eigenvalue weighted by Crippen LogP contribution is -2.18. The van der Waals surface area contributed by atoms with Gasteiger partial charge >= 0.3 is 5.97 Å². The largest absolute Gasteiger partial charge is 0.506 e. The zero-order valence-corrected chi connectivity index (χ0v) is 11.1. The minimum absolute atomic E-state index is 0.0594. The van der Waals surface area contributed by atoms with E-state index < -0.39 is 11.9 Å². The first kappa shape index (κ1) is 15.1. The number of carboxylic acids is 1. The molecular weight excluding hydrogens is 290 g/mol.